The zero-order valence-electron chi connectivity index (χ0n) is 20.3. The number of anilines is 1. The number of rotatable bonds is 6. The van der Waals surface area contributed by atoms with Gasteiger partial charge in [-0.3, -0.25) is 4.90 Å². The summed E-state index contributed by atoms with van der Waals surface area (Å²) in [7, 11) is 0. The number of aromatic nitrogens is 2. The number of nitrogens with zero attached hydrogens (tertiary/aromatic N) is 3. The minimum absolute atomic E-state index is 0.180. The van der Waals surface area contributed by atoms with Gasteiger partial charge in [0.15, 0.2) is 5.82 Å². The third-order valence-electron chi connectivity index (χ3n) is 7.04. The van der Waals surface area contributed by atoms with Crippen LogP contribution < -0.4 is 10.6 Å². The molecule has 7 heteroatoms. The van der Waals surface area contributed by atoms with Crippen molar-refractivity contribution in [2.45, 2.75) is 19.0 Å². The molecule has 1 aromatic heterocycles. The van der Waals surface area contributed by atoms with E-state index >= 15 is 0 Å². The average Bonchev–Trinajstić information content (AvgIpc) is 3.43. The van der Waals surface area contributed by atoms with E-state index in [1.807, 2.05) is 18.2 Å². The van der Waals surface area contributed by atoms with Crippen molar-refractivity contribution in [3.63, 3.8) is 0 Å². The topological polar surface area (TPSA) is 82.5 Å². The van der Waals surface area contributed by atoms with Crippen molar-refractivity contribution >= 4 is 16.7 Å². The number of ether oxygens (including phenoxy) is 1. The minimum atomic E-state index is 0.180. The molecule has 2 saturated heterocycles. The van der Waals surface area contributed by atoms with Gasteiger partial charge in [-0.15, -0.1) is 0 Å². The predicted molar refractivity (Wildman–Crippen MR) is 143 cm³/mol. The Kier molecular flexibility index (Phi) is 6.51. The largest absolute Gasteiger partial charge is 0.507 e. The van der Waals surface area contributed by atoms with Gasteiger partial charge >= 0.3 is 0 Å². The maximum atomic E-state index is 10.4. The molecule has 3 N–H and O–H groups in total. The van der Waals surface area contributed by atoms with E-state index in [4.69, 9.17) is 14.7 Å². The van der Waals surface area contributed by atoms with Gasteiger partial charge < -0.3 is 20.5 Å². The summed E-state index contributed by atoms with van der Waals surface area (Å²) in [5.41, 5.74) is 5.09. The number of phenolic OH excluding ortho intramolecular Hbond substituents is 1. The third kappa shape index (κ3) is 4.91. The molecular formula is C29H31N5O2. The number of benzene rings is 3. The lowest BCUT2D eigenvalue weighted by Gasteiger charge is -2.26. The third-order valence-corrected chi connectivity index (χ3v) is 7.04. The summed E-state index contributed by atoms with van der Waals surface area (Å²) in [6.07, 6.45) is 1.04. The predicted octanol–water partition coefficient (Wildman–Crippen LogP) is 4.28. The molecule has 0 amide bonds. The fourth-order valence-corrected chi connectivity index (χ4v) is 4.99. The minimum Gasteiger partial charge on any atom is -0.507 e. The van der Waals surface area contributed by atoms with Gasteiger partial charge in [0.25, 0.3) is 0 Å². The van der Waals surface area contributed by atoms with Crippen molar-refractivity contribution in [3.8, 4) is 28.3 Å². The van der Waals surface area contributed by atoms with Crippen molar-refractivity contribution in [1.29, 1.82) is 0 Å². The zero-order chi connectivity index (χ0) is 24.3. The molecule has 6 rings (SSSR count). The standard InChI is InChI=1S/C29H31N5O2/c35-27-4-2-1-3-24(27)28-32-26-10-9-22(17-25(26)29(33-28)31-23-11-12-30-18-23)21-7-5-20(6-8-21)19-34-13-15-36-16-14-34/h1-10,17,23,30,35H,11-16,18-19H2,(H,31,32,33)/t23-/m0/s1. The van der Waals surface area contributed by atoms with Gasteiger partial charge in [0, 0.05) is 37.6 Å². The van der Waals surface area contributed by atoms with E-state index in [1.54, 1.807) is 6.07 Å². The highest BCUT2D eigenvalue weighted by molar-refractivity contribution is 5.94. The summed E-state index contributed by atoms with van der Waals surface area (Å²) in [4.78, 5) is 12.1. The summed E-state index contributed by atoms with van der Waals surface area (Å²) in [5, 5.41) is 18.4. The highest BCUT2D eigenvalue weighted by Gasteiger charge is 2.19. The Bertz CT molecular complexity index is 1350. The SMILES string of the molecule is Oc1ccccc1-c1nc(N[C@H]2CCNC2)c2cc(-c3ccc(CN4CCOCC4)cc3)ccc2n1. The van der Waals surface area contributed by atoms with Crippen LogP contribution in [0.5, 0.6) is 5.75 Å². The van der Waals surface area contributed by atoms with Gasteiger partial charge in [-0.25, -0.2) is 9.97 Å². The van der Waals surface area contributed by atoms with E-state index in [0.29, 0.717) is 17.4 Å². The molecular weight excluding hydrogens is 450 g/mol. The molecule has 1 atom stereocenters. The first-order chi connectivity index (χ1) is 17.7. The Morgan fingerprint density at radius 1 is 0.972 bits per heavy atom. The van der Waals surface area contributed by atoms with Crippen LogP contribution in [0.2, 0.25) is 0 Å². The monoisotopic (exact) mass is 481 g/mol. The molecule has 2 aliphatic rings. The summed E-state index contributed by atoms with van der Waals surface area (Å²) >= 11 is 0. The number of aromatic hydroxyl groups is 1. The molecule has 2 aliphatic heterocycles. The summed E-state index contributed by atoms with van der Waals surface area (Å²) in [6, 6.07) is 22.7. The van der Waals surface area contributed by atoms with Crippen LogP contribution in [-0.2, 0) is 11.3 Å². The number of hydrogen-bond donors (Lipinski definition) is 3. The number of para-hydroxylation sites is 1. The first-order valence-corrected chi connectivity index (χ1v) is 12.7. The van der Waals surface area contributed by atoms with E-state index in [0.717, 1.165) is 74.6 Å². The highest BCUT2D eigenvalue weighted by Crippen LogP contribution is 2.33. The first-order valence-electron chi connectivity index (χ1n) is 12.7. The lowest BCUT2D eigenvalue weighted by atomic mass is 10.0. The van der Waals surface area contributed by atoms with Gasteiger partial charge in [-0.1, -0.05) is 42.5 Å². The molecule has 0 aliphatic carbocycles. The molecule has 0 spiro atoms. The lowest BCUT2D eigenvalue weighted by Crippen LogP contribution is -2.35. The molecule has 2 fully saturated rings. The normalized spacial score (nSPS) is 18.5. The first kappa shape index (κ1) is 22.9. The average molecular weight is 482 g/mol. The molecule has 0 bridgehead atoms. The van der Waals surface area contributed by atoms with Crippen LogP contribution in [0.4, 0.5) is 5.82 Å². The second kappa shape index (κ2) is 10.2. The molecule has 0 unspecified atom stereocenters. The molecule has 184 valence electrons. The van der Waals surface area contributed by atoms with Crippen LogP contribution in [0.3, 0.4) is 0 Å². The summed E-state index contributed by atoms with van der Waals surface area (Å²) < 4.78 is 5.47. The Balaban J connectivity index is 1.34. The van der Waals surface area contributed by atoms with Gasteiger partial charge in [0.1, 0.15) is 11.6 Å². The number of nitrogens with one attached hydrogen (secondary N) is 2. The van der Waals surface area contributed by atoms with Crippen molar-refractivity contribution in [3.05, 3.63) is 72.3 Å². The lowest BCUT2D eigenvalue weighted by molar-refractivity contribution is 0.0342. The van der Waals surface area contributed by atoms with Crippen LogP contribution in [0.25, 0.3) is 33.4 Å². The van der Waals surface area contributed by atoms with Crippen LogP contribution in [0, 0.1) is 0 Å². The van der Waals surface area contributed by atoms with Gasteiger partial charge in [0.05, 0.1) is 24.3 Å². The van der Waals surface area contributed by atoms with Crippen molar-refractivity contribution in [2.24, 2.45) is 0 Å². The van der Waals surface area contributed by atoms with Crippen LogP contribution in [-0.4, -0.2) is 65.4 Å². The maximum Gasteiger partial charge on any atom is 0.165 e. The molecule has 7 nitrogen and oxygen atoms in total. The molecule has 3 aromatic carbocycles. The van der Waals surface area contributed by atoms with Crippen molar-refractivity contribution < 1.29 is 9.84 Å². The zero-order valence-corrected chi connectivity index (χ0v) is 20.3. The maximum absolute atomic E-state index is 10.4. The van der Waals surface area contributed by atoms with Crippen molar-refractivity contribution in [2.75, 3.05) is 44.7 Å². The highest BCUT2D eigenvalue weighted by atomic mass is 16.5. The van der Waals surface area contributed by atoms with Gasteiger partial charge in [0.2, 0.25) is 0 Å². The van der Waals surface area contributed by atoms with Crippen molar-refractivity contribution in [1.82, 2.24) is 20.2 Å². The molecule has 0 radical (unpaired) electrons. The van der Waals surface area contributed by atoms with E-state index < -0.39 is 0 Å². The van der Waals surface area contributed by atoms with Crippen LogP contribution in [0.15, 0.2) is 66.7 Å². The van der Waals surface area contributed by atoms with Crippen LogP contribution >= 0.6 is 0 Å². The molecule has 0 saturated carbocycles. The molecule has 36 heavy (non-hydrogen) atoms. The Morgan fingerprint density at radius 2 is 1.78 bits per heavy atom. The second-order valence-corrected chi connectivity index (χ2v) is 9.56. The second-order valence-electron chi connectivity index (χ2n) is 9.56. The summed E-state index contributed by atoms with van der Waals surface area (Å²) in [6.45, 7) is 6.46. The van der Waals surface area contributed by atoms with Gasteiger partial charge in [-0.05, 0) is 53.9 Å². The fourth-order valence-electron chi connectivity index (χ4n) is 4.99. The van der Waals surface area contributed by atoms with Gasteiger partial charge in [-0.2, -0.15) is 0 Å². The Hall–Kier alpha value is -3.52. The fraction of sp³-hybridized carbons (Fsp3) is 0.310. The number of morpholine rings is 1. The van der Waals surface area contributed by atoms with E-state index in [2.05, 4.69) is 58.0 Å². The number of fused-ring (bicyclic) bond motifs is 1. The number of hydrogen-bond acceptors (Lipinski definition) is 7. The Morgan fingerprint density at radius 3 is 2.56 bits per heavy atom. The van der Waals surface area contributed by atoms with E-state index in [1.165, 1.54) is 11.1 Å². The van der Waals surface area contributed by atoms with E-state index in [-0.39, 0.29) is 5.75 Å². The Labute approximate surface area is 211 Å². The molecule has 3 heterocycles. The quantitative estimate of drug-likeness (QED) is 0.379. The number of phenols is 1. The van der Waals surface area contributed by atoms with Crippen LogP contribution in [0.1, 0.15) is 12.0 Å². The smallest absolute Gasteiger partial charge is 0.165 e. The summed E-state index contributed by atoms with van der Waals surface area (Å²) in [5.74, 6) is 1.51. The molecule has 4 aromatic rings. The van der Waals surface area contributed by atoms with E-state index in [9.17, 15) is 5.11 Å².